The Hall–Kier alpha value is -0.880. The summed E-state index contributed by atoms with van der Waals surface area (Å²) < 4.78 is 32.9. The van der Waals surface area contributed by atoms with E-state index in [0.717, 1.165) is 0 Å². The number of halogens is 4. The number of rotatable bonds is 1. The third kappa shape index (κ3) is 3.00. The zero-order valence-corrected chi connectivity index (χ0v) is 12.7. The molecule has 2 rings (SSSR count). The molecular formula is C12H13BrClF2NO2. The molecule has 1 saturated heterocycles. The Kier molecular flexibility index (Phi) is 4.79. The van der Waals surface area contributed by atoms with Gasteiger partial charge in [0.15, 0.2) is 0 Å². The molecule has 1 aliphatic heterocycles. The van der Waals surface area contributed by atoms with Crippen LogP contribution >= 0.6 is 28.3 Å². The Bertz CT molecular complexity index is 511. The van der Waals surface area contributed by atoms with Crippen LogP contribution in [0.15, 0.2) is 16.6 Å². The summed E-state index contributed by atoms with van der Waals surface area (Å²) in [6, 6.07) is 1.69. The number of hydrogen-bond donors (Lipinski definition) is 1. The van der Waals surface area contributed by atoms with E-state index in [4.69, 9.17) is 4.74 Å². The molecular weight excluding hydrogens is 343 g/mol. The van der Waals surface area contributed by atoms with Gasteiger partial charge < -0.3 is 10.1 Å². The number of alkyl carbamates (subject to hydrolysis) is 1. The Morgan fingerprint density at radius 1 is 1.42 bits per heavy atom. The standard InChI is InChI=1S/C12H12BrF2NO2.ClH/c1-12(2)5-18-11(17)16-10(12)8-7(14)4-3-6(13)9(8)15;/h3-4,10H,5H2,1-2H3,(H,16,17);1H/t10-;/m1./s1. The number of carbonyl (C=O) groups excluding carboxylic acids is 1. The van der Waals surface area contributed by atoms with Crippen LogP contribution in [-0.4, -0.2) is 12.7 Å². The van der Waals surface area contributed by atoms with Crippen LogP contribution in [0.25, 0.3) is 0 Å². The molecule has 0 aliphatic carbocycles. The minimum absolute atomic E-state index is 0. The van der Waals surface area contributed by atoms with Gasteiger partial charge in [-0.05, 0) is 28.1 Å². The van der Waals surface area contributed by atoms with E-state index in [2.05, 4.69) is 21.2 Å². The zero-order chi connectivity index (χ0) is 13.5. The fourth-order valence-corrected chi connectivity index (χ4v) is 2.31. The molecule has 0 saturated carbocycles. The maximum Gasteiger partial charge on any atom is 0.407 e. The summed E-state index contributed by atoms with van der Waals surface area (Å²) in [6.45, 7) is 3.66. The lowest BCUT2D eigenvalue weighted by Gasteiger charge is -2.38. The van der Waals surface area contributed by atoms with Crippen LogP contribution in [0, 0.1) is 17.0 Å². The summed E-state index contributed by atoms with van der Waals surface area (Å²) in [7, 11) is 0. The summed E-state index contributed by atoms with van der Waals surface area (Å²) >= 11 is 3.01. The van der Waals surface area contributed by atoms with Crippen molar-refractivity contribution in [1.82, 2.24) is 5.32 Å². The van der Waals surface area contributed by atoms with Gasteiger partial charge in [0.1, 0.15) is 18.2 Å². The van der Waals surface area contributed by atoms with Crippen molar-refractivity contribution in [1.29, 1.82) is 0 Å². The normalized spacial score (nSPS) is 21.1. The number of cyclic esters (lactones) is 1. The fraction of sp³-hybridized carbons (Fsp3) is 0.417. The van der Waals surface area contributed by atoms with Crippen molar-refractivity contribution in [2.75, 3.05) is 6.61 Å². The van der Waals surface area contributed by atoms with Gasteiger partial charge in [0.25, 0.3) is 0 Å². The van der Waals surface area contributed by atoms with Crippen molar-refractivity contribution in [2.24, 2.45) is 5.41 Å². The number of amides is 1. The highest BCUT2D eigenvalue weighted by molar-refractivity contribution is 9.10. The molecule has 106 valence electrons. The highest BCUT2D eigenvalue weighted by Gasteiger charge is 2.41. The van der Waals surface area contributed by atoms with Gasteiger partial charge in [-0.15, -0.1) is 12.4 Å². The highest BCUT2D eigenvalue weighted by Crippen LogP contribution is 2.39. The molecule has 1 aromatic rings. The first-order valence-electron chi connectivity index (χ1n) is 5.39. The number of benzene rings is 1. The molecule has 1 amide bonds. The Morgan fingerprint density at radius 3 is 2.68 bits per heavy atom. The molecule has 0 spiro atoms. The van der Waals surface area contributed by atoms with Crippen LogP contribution in [0.4, 0.5) is 13.6 Å². The van der Waals surface area contributed by atoms with Gasteiger partial charge in [-0.1, -0.05) is 13.8 Å². The second-order valence-corrected chi connectivity index (χ2v) is 5.75. The number of carbonyl (C=O) groups is 1. The zero-order valence-electron chi connectivity index (χ0n) is 10.3. The molecule has 7 heteroatoms. The second kappa shape index (κ2) is 5.63. The molecule has 0 bridgehead atoms. The van der Waals surface area contributed by atoms with Crippen molar-refractivity contribution >= 4 is 34.4 Å². The van der Waals surface area contributed by atoms with Gasteiger partial charge in [0, 0.05) is 11.0 Å². The van der Waals surface area contributed by atoms with Crippen molar-refractivity contribution in [2.45, 2.75) is 19.9 Å². The Labute approximate surface area is 124 Å². The van der Waals surface area contributed by atoms with Gasteiger partial charge >= 0.3 is 6.09 Å². The number of hydrogen-bond acceptors (Lipinski definition) is 2. The lowest BCUT2D eigenvalue weighted by molar-refractivity contribution is 0.0367. The summed E-state index contributed by atoms with van der Waals surface area (Å²) in [4.78, 5) is 11.3. The molecule has 1 aliphatic rings. The Morgan fingerprint density at radius 2 is 2.05 bits per heavy atom. The van der Waals surface area contributed by atoms with Gasteiger partial charge in [-0.3, -0.25) is 0 Å². The summed E-state index contributed by atoms with van der Waals surface area (Å²) in [5.74, 6) is -1.38. The third-order valence-corrected chi connectivity index (χ3v) is 3.60. The van der Waals surface area contributed by atoms with Crippen LogP contribution in [0.5, 0.6) is 0 Å². The molecule has 0 aromatic heterocycles. The lowest BCUT2D eigenvalue weighted by atomic mass is 9.80. The molecule has 3 nitrogen and oxygen atoms in total. The largest absolute Gasteiger partial charge is 0.449 e. The molecule has 19 heavy (non-hydrogen) atoms. The van der Waals surface area contributed by atoms with Crippen molar-refractivity contribution in [3.63, 3.8) is 0 Å². The summed E-state index contributed by atoms with van der Waals surface area (Å²) in [5.41, 5.74) is -0.748. The Balaban J connectivity index is 0.00000180. The molecule has 1 fully saturated rings. The molecule has 0 unspecified atom stereocenters. The second-order valence-electron chi connectivity index (χ2n) is 4.90. The minimum atomic E-state index is -0.767. The van der Waals surface area contributed by atoms with Gasteiger partial charge in [0.2, 0.25) is 0 Å². The van der Waals surface area contributed by atoms with E-state index in [1.807, 2.05) is 0 Å². The molecule has 1 aromatic carbocycles. The first-order valence-corrected chi connectivity index (χ1v) is 6.19. The average molecular weight is 357 g/mol. The first-order chi connectivity index (χ1) is 8.33. The molecule has 1 atom stereocenters. The van der Waals surface area contributed by atoms with Crippen LogP contribution in [0.1, 0.15) is 25.5 Å². The quantitative estimate of drug-likeness (QED) is 0.774. The topological polar surface area (TPSA) is 38.3 Å². The van der Waals surface area contributed by atoms with E-state index >= 15 is 0 Å². The first kappa shape index (κ1) is 16.2. The molecule has 0 radical (unpaired) electrons. The maximum absolute atomic E-state index is 14.0. The van der Waals surface area contributed by atoms with Gasteiger partial charge in [-0.25, -0.2) is 13.6 Å². The van der Waals surface area contributed by atoms with E-state index in [-0.39, 0.29) is 29.1 Å². The highest BCUT2D eigenvalue weighted by atomic mass is 79.9. The van der Waals surface area contributed by atoms with Crippen LogP contribution < -0.4 is 5.32 Å². The van der Waals surface area contributed by atoms with E-state index in [0.29, 0.717) is 0 Å². The predicted molar refractivity (Wildman–Crippen MR) is 72.3 cm³/mol. The summed E-state index contributed by atoms with van der Waals surface area (Å²) in [6.07, 6.45) is -0.668. The molecule has 1 heterocycles. The predicted octanol–water partition coefficient (Wildman–Crippen LogP) is 3.96. The number of nitrogens with one attached hydrogen (secondary N) is 1. The average Bonchev–Trinajstić information content (AvgIpc) is 2.29. The van der Waals surface area contributed by atoms with Crippen LogP contribution in [-0.2, 0) is 4.74 Å². The van der Waals surface area contributed by atoms with Crippen molar-refractivity contribution in [3.8, 4) is 0 Å². The van der Waals surface area contributed by atoms with Crippen LogP contribution in [0.2, 0.25) is 0 Å². The van der Waals surface area contributed by atoms with E-state index in [9.17, 15) is 13.6 Å². The maximum atomic E-state index is 14.0. The minimum Gasteiger partial charge on any atom is -0.449 e. The van der Waals surface area contributed by atoms with E-state index < -0.39 is 29.2 Å². The third-order valence-electron chi connectivity index (χ3n) is 2.99. The van der Waals surface area contributed by atoms with Crippen molar-refractivity contribution < 1.29 is 18.3 Å². The number of ether oxygens (including phenoxy) is 1. The lowest BCUT2D eigenvalue weighted by Crippen LogP contribution is -2.47. The SMILES string of the molecule is CC1(C)COC(=O)N[C@@H]1c1c(F)ccc(Br)c1F.Cl. The van der Waals surface area contributed by atoms with E-state index in [1.165, 1.54) is 12.1 Å². The smallest absolute Gasteiger partial charge is 0.407 e. The fourth-order valence-electron chi connectivity index (χ4n) is 1.96. The van der Waals surface area contributed by atoms with Gasteiger partial charge in [-0.2, -0.15) is 0 Å². The monoisotopic (exact) mass is 355 g/mol. The molecule has 1 N–H and O–H groups in total. The van der Waals surface area contributed by atoms with Gasteiger partial charge in [0.05, 0.1) is 10.5 Å². The van der Waals surface area contributed by atoms with Crippen molar-refractivity contribution in [3.05, 3.63) is 33.8 Å². The summed E-state index contributed by atoms with van der Waals surface area (Å²) in [5, 5.41) is 2.47. The van der Waals surface area contributed by atoms with Crippen LogP contribution in [0.3, 0.4) is 0 Å². The van der Waals surface area contributed by atoms with E-state index in [1.54, 1.807) is 13.8 Å².